The quantitative estimate of drug-likeness (QED) is 0.926. The molecule has 1 aromatic carbocycles. The first-order valence-corrected chi connectivity index (χ1v) is 8.19. The molecule has 0 aromatic heterocycles. The largest absolute Gasteiger partial charge is 0.316 e. The zero-order valence-corrected chi connectivity index (χ0v) is 12.9. The molecule has 0 unspecified atom stereocenters. The van der Waals surface area contributed by atoms with Crippen LogP contribution in [-0.4, -0.2) is 31.9 Å². The van der Waals surface area contributed by atoms with E-state index in [0.717, 1.165) is 12.8 Å². The highest BCUT2D eigenvalue weighted by Crippen LogP contribution is 2.34. The number of benzene rings is 1. The van der Waals surface area contributed by atoms with Crippen molar-refractivity contribution in [2.75, 3.05) is 13.6 Å². The van der Waals surface area contributed by atoms with Crippen molar-refractivity contribution in [1.29, 1.82) is 0 Å². The molecule has 0 amide bonds. The van der Waals surface area contributed by atoms with Crippen LogP contribution < -0.4 is 5.32 Å². The Morgan fingerprint density at radius 2 is 2.10 bits per heavy atom. The predicted octanol–water partition coefficient (Wildman–Crippen LogP) is 2.11. The lowest BCUT2D eigenvalue weighted by Gasteiger charge is -2.30. The van der Waals surface area contributed by atoms with Gasteiger partial charge >= 0.3 is 0 Å². The molecule has 1 fully saturated rings. The van der Waals surface area contributed by atoms with Gasteiger partial charge in [0.1, 0.15) is 5.82 Å². The van der Waals surface area contributed by atoms with Gasteiger partial charge in [0.25, 0.3) is 0 Å². The van der Waals surface area contributed by atoms with E-state index in [1.807, 2.05) is 13.8 Å². The summed E-state index contributed by atoms with van der Waals surface area (Å²) in [6, 6.07) is 4.00. The van der Waals surface area contributed by atoms with Crippen LogP contribution in [0.15, 0.2) is 23.1 Å². The Morgan fingerprint density at radius 3 is 2.65 bits per heavy atom. The highest BCUT2D eigenvalue weighted by molar-refractivity contribution is 7.89. The minimum Gasteiger partial charge on any atom is -0.316 e. The third-order valence-electron chi connectivity index (χ3n) is 3.80. The van der Waals surface area contributed by atoms with Crippen molar-refractivity contribution < 1.29 is 12.8 Å². The second kappa shape index (κ2) is 5.42. The monoisotopic (exact) mass is 300 g/mol. The fourth-order valence-electron chi connectivity index (χ4n) is 2.69. The van der Waals surface area contributed by atoms with Gasteiger partial charge in [0.2, 0.25) is 10.0 Å². The van der Waals surface area contributed by atoms with Crippen LogP contribution in [0, 0.1) is 5.82 Å². The Bertz CT molecular complexity index is 599. The van der Waals surface area contributed by atoms with Gasteiger partial charge in [0.05, 0.1) is 4.90 Å². The number of nitrogens with one attached hydrogen (secondary N) is 1. The minimum absolute atomic E-state index is 0.166. The fourth-order valence-corrected chi connectivity index (χ4v) is 4.59. The van der Waals surface area contributed by atoms with E-state index in [-0.39, 0.29) is 16.3 Å². The maximum atomic E-state index is 13.6. The summed E-state index contributed by atoms with van der Waals surface area (Å²) < 4.78 is 40.6. The Hall–Kier alpha value is -0.980. The lowest BCUT2D eigenvalue weighted by molar-refractivity contribution is 0.291. The summed E-state index contributed by atoms with van der Waals surface area (Å²) in [6.07, 6.45) is 1.70. The molecule has 0 spiro atoms. The van der Waals surface area contributed by atoms with Crippen molar-refractivity contribution in [3.05, 3.63) is 29.6 Å². The summed E-state index contributed by atoms with van der Waals surface area (Å²) in [5.74, 6) is -0.390. The third-order valence-corrected chi connectivity index (χ3v) is 5.90. The molecule has 0 saturated carbocycles. The van der Waals surface area contributed by atoms with E-state index >= 15 is 0 Å². The molecule has 1 saturated heterocycles. The molecule has 1 aliphatic rings. The number of rotatable bonds is 4. The summed E-state index contributed by atoms with van der Waals surface area (Å²) in [4.78, 5) is 0.166. The average Bonchev–Trinajstić information content (AvgIpc) is 2.72. The van der Waals surface area contributed by atoms with Crippen LogP contribution in [0.3, 0.4) is 0 Å². The van der Waals surface area contributed by atoms with Gasteiger partial charge < -0.3 is 5.32 Å². The lowest BCUT2D eigenvalue weighted by atomic mass is 10.0. The van der Waals surface area contributed by atoms with Crippen molar-refractivity contribution in [1.82, 2.24) is 9.62 Å². The maximum absolute atomic E-state index is 13.6. The first-order valence-electron chi connectivity index (χ1n) is 6.75. The predicted molar refractivity (Wildman–Crippen MR) is 76.4 cm³/mol. The van der Waals surface area contributed by atoms with Crippen molar-refractivity contribution in [3.8, 4) is 0 Å². The first kappa shape index (κ1) is 15.4. The molecular formula is C14H21FN2O2S. The zero-order valence-electron chi connectivity index (χ0n) is 12.1. The Morgan fingerprint density at radius 1 is 1.40 bits per heavy atom. The summed E-state index contributed by atoms with van der Waals surface area (Å²) in [5, 5.41) is 2.84. The van der Waals surface area contributed by atoms with E-state index in [1.165, 1.54) is 22.5 Å². The Balaban J connectivity index is 2.42. The van der Waals surface area contributed by atoms with E-state index in [0.29, 0.717) is 18.7 Å². The van der Waals surface area contributed by atoms with Gasteiger partial charge in [0, 0.05) is 24.2 Å². The maximum Gasteiger partial charge on any atom is 0.243 e. The van der Waals surface area contributed by atoms with Gasteiger partial charge in [0.15, 0.2) is 0 Å². The zero-order chi connectivity index (χ0) is 15.0. The van der Waals surface area contributed by atoms with Crippen LogP contribution in [0.1, 0.15) is 32.3 Å². The van der Waals surface area contributed by atoms with E-state index in [2.05, 4.69) is 5.32 Å². The first-order chi connectivity index (χ1) is 9.29. The number of hydrogen-bond donors (Lipinski definition) is 1. The Labute approximate surface area is 120 Å². The molecule has 1 heterocycles. The van der Waals surface area contributed by atoms with E-state index in [4.69, 9.17) is 0 Å². The van der Waals surface area contributed by atoms with Gasteiger partial charge in [-0.05, 0) is 51.9 Å². The molecule has 4 nitrogen and oxygen atoms in total. The second-order valence-electron chi connectivity index (χ2n) is 5.78. The topological polar surface area (TPSA) is 49.4 Å². The molecule has 1 aromatic rings. The molecule has 0 atom stereocenters. The van der Waals surface area contributed by atoms with Gasteiger partial charge in [-0.3, -0.25) is 0 Å². The average molecular weight is 300 g/mol. The van der Waals surface area contributed by atoms with Crippen LogP contribution in [0.4, 0.5) is 4.39 Å². The molecule has 0 radical (unpaired) electrons. The SMILES string of the molecule is CNCc1cc(S(=O)(=O)N2CCCC2(C)C)ccc1F. The number of nitrogens with zero attached hydrogens (tertiary/aromatic N) is 1. The van der Waals surface area contributed by atoms with Gasteiger partial charge in [-0.15, -0.1) is 0 Å². The molecule has 112 valence electrons. The summed E-state index contributed by atoms with van der Waals surface area (Å²) >= 11 is 0. The molecular weight excluding hydrogens is 279 g/mol. The molecule has 2 rings (SSSR count). The molecule has 1 aliphatic heterocycles. The van der Waals surface area contributed by atoms with Gasteiger partial charge in [-0.25, -0.2) is 12.8 Å². The number of hydrogen-bond acceptors (Lipinski definition) is 3. The van der Waals surface area contributed by atoms with Crippen LogP contribution in [0.2, 0.25) is 0 Å². The molecule has 20 heavy (non-hydrogen) atoms. The molecule has 6 heteroatoms. The van der Waals surface area contributed by atoms with Crippen LogP contribution in [0.5, 0.6) is 0 Å². The van der Waals surface area contributed by atoms with E-state index in [9.17, 15) is 12.8 Å². The lowest BCUT2D eigenvalue weighted by Crippen LogP contribution is -2.42. The van der Waals surface area contributed by atoms with Crippen molar-refractivity contribution >= 4 is 10.0 Å². The Kier molecular flexibility index (Phi) is 4.18. The minimum atomic E-state index is -3.57. The van der Waals surface area contributed by atoms with E-state index in [1.54, 1.807) is 7.05 Å². The fraction of sp³-hybridized carbons (Fsp3) is 0.571. The smallest absolute Gasteiger partial charge is 0.243 e. The van der Waals surface area contributed by atoms with Gasteiger partial charge in [-0.2, -0.15) is 4.31 Å². The summed E-state index contributed by atoms with van der Waals surface area (Å²) in [6.45, 7) is 4.68. The van der Waals surface area contributed by atoms with Crippen molar-refractivity contribution in [2.24, 2.45) is 0 Å². The van der Waals surface area contributed by atoms with Crippen LogP contribution >= 0.6 is 0 Å². The summed E-state index contributed by atoms with van der Waals surface area (Å²) in [7, 11) is -1.87. The number of sulfonamides is 1. The van der Waals surface area contributed by atoms with Gasteiger partial charge in [-0.1, -0.05) is 0 Å². The van der Waals surface area contributed by atoms with Crippen LogP contribution in [-0.2, 0) is 16.6 Å². The normalized spacial score (nSPS) is 19.4. The van der Waals surface area contributed by atoms with Crippen LogP contribution in [0.25, 0.3) is 0 Å². The highest BCUT2D eigenvalue weighted by atomic mass is 32.2. The molecule has 1 N–H and O–H groups in total. The summed E-state index contributed by atoms with van der Waals surface area (Å²) in [5.41, 5.74) is -0.0123. The highest BCUT2D eigenvalue weighted by Gasteiger charge is 2.40. The van der Waals surface area contributed by atoms with E-state index < -0.39 is 10.0 Å². The number of halogens is 1. The second-order valence-corrected chi connectivity index (χ2v) is 7.64. The third kappa shape index (κ3) is 2.73. The molecule has 0 bridgehead atoms. The van der Waals surface area contributed by atoms with Crippen molar-refractivity contribution in [3.63, 3.8) is 0 Å². The van der Waals surface area contributed by atoms with Crippen molar-refractivity contribution in [2.45, 2.75) is 43.7 Å². The standard InChI is InChI=1S/C14H21FN2O2S/c1-14(2)7-4-8-17(14)20(18,19)12-5-6-13(15)11(9-12)10-16-3/h5-6,9,16H,4,7-8,10H2,1-3H3. The molecule has 0 aliphatic carbocycles.